The highest BCUT2D eigenvalue weighted by Crippen LogP contribution is 2.18. The molecule has 0 aliphatic heterocycles. The van der Waals surface area contributed by atoms with Crippen molar-refractivity contribution in [3.63, 3.8) is 0 Å². The van der Waals surface area contributed by atoms with Gasteiger partial charge in [-0.3, -0.25) is 4.79 Å². The predicted octanol–water partition coefficient (Wildman–Crippen LogP) is 1.91. The fraction of sp³-hybridized carbons (Fsp3) is 0.462. The maximum atomic E-state index is 13.0. The molecule has 0 fully saturated rings. The minimum Gasteiger partial charge on any atom is -0.341 e. The van der Waals surface area contributed by atoms with Gasteiger partial charge in [0.25, 0.3) is 0 Å². The molecule has 0 unspecified atom stereocenters. The second-order valence-corrected chi connectivity index (χ2v) is 5.00. The number of carbonyl (C=O) groups is 1. The second kappa shape index (κ2) is 5.44. The molecule has 1 amide bonds. The molecule has 0 aliphatic rings. The van der Waals surface area contributed by atoms with Gasteiger partial charge >= 0.3 is 0 Å². The monoisotopic (exact) mass is 256 g/mol. The number of nitrogens with two attached hydrogens (primary N) is 1. The number of hydrogen-bond acceptors (Lipinski definition) is 2. The summed E-state index contributed by atoms with van der Waals surface area (Å²) in [5.74, 6) is -1.93. The molecule has 0 aromatic heterocycles. The summed E-state index contributed by atoms with van der Waals surface area (Å²) >= 11 is 0. The van der Waals surface area contributed by atoms with Crippen molar-refractivity contribution >= 4 is 5.91 Å². The zero-order valence-corrected chi connectivity index (χ0v) is 10.8. The van der Waals surface area contributed by atoms with E-state index in [0.29, 0.717) is 5.56 Å². The Morgan fingerprint density at radius 3 is 2.44 bits per heavy atom. The normalized spacial score (nSPS) is 11.4. The van der Waals surface area contributed by atoms with Crippen LogP contribution in [0.1, 0.15) is 19.4 Å². The molecule has 0 spiro atoms. The summed E-state index contributed by atoms with van der Waals surface area (Å²) < 4.78 is 25.8. The zero-order valence-electron chi connectivity index (χ0n) is 10.8. The van der Waals surface area contributed by atoms with Crippen molar-refractivity contribution in [2.24, 2.45) is 11.1 Å². The number of halogens is 2. The number of rotatable bonds is 4. The quantitative estimate of drug-likeness (QED) is 0.894. The summed E-state index contributed by atoms with van der Waals surface area (Å²) in [4.78, 5) is 13.5. The van der Waals surface area contributed by atoms with Crippen LogP contribution in [0.15, 0.2) is 18.2 Å². The van der Waals surface area contributed by atoms with Gasteiger partial charge in [0.05, 0.1) is 5.41 Å². The molecule has 0 radical (unpaired) electrons. The van der Waals surface area contributed by atoms with E-state index < -0.39 is 17.0 Å². The van der Waals surface area contributed by atoms with Crippen LogP contribution in [0.25, 0.3) is 0 Å². The van der Waals surface area contributed by atoms with E-state index in [1.54, 1.807) is 20.9 Å². The van der Waals surface area contributed by atoms with Gasteiger partial charge in [-0.05, 0) is 31.5 Å². The molecule has 5 heteroatoms. The van der Waals surface area contributed by atoms with Gasteiger partial charge < -0.3 is 10.6 Å². The Morgan fingerprint density at radius 2 is 1.94 bits per heavy atom. The molecule has 3 nitrogen and oxygen atoms in total. The lowest BCUT2D eigenvalue weighted by atomic mass is 9.92. The topological polar surface area (TPSA) is 46.3 Å². The summed E-state index contributed by atoms with van der Waals surface area (Å²) in [6.45, 7) is 3.95. The van der Waals surface area contributed by atoms with Crippen LogP contribution in [0.3, 0.4) is 0 Å². The van der Waals surface area contributed by atoms with Gasteiger partial charge in [-0.15, -0.1) is 0 Å². The first-order chi connectivity index (χ1) is 8.27. The van der Waals surface area contributed by atoms with Crippen LogP contribution in [0.2, 0.25) is 0 Å². The Kier molecular flexibility index (Phi) is 4.40. The molecule has 18 heavy (non-hydrogen) atoms. The molecule has 100 valence electrons. The van der Waals surface area contributed by atoms with Crippen LogP contribution >= 0.6 is 0 Å². The number of carbonyl (C=O) groups excluding carboxylic acids is 1. The standard InChI is InChI=1S/C13H18F2N2O/c1-13(2,8-16)12(18)17(3)7-9-4-5-10(14)11(15)6-9/h4-6H,7-8,16H2,1-3H3. The predicted molar refractivity (Wildman–Crippen MR) is 65.7 cm³/mol. The Hall–Kier alpha value is -1.49. The molecule has 0 aliphatic carbocycles. The van der Waals surface area contributed by atoms with Crippen LogP contribution < -0.4 is 5.73 Å². The number of hydrogen-bond donors (Lipinski definition) is 1. The smallest absolute Gasteiger partial charge is 0.229 e. The van der Waals surface area contributed by atoms with Crippen molar-refractivity contribution in [3.8, 4) is 0 Å². The lowest BCUT2D eigenvalue weighted by Crippen LogP contribution is -2.42. The summed E-state index contributed by atoms with van der Waals surface area (Å²) in [5, 5.41) is 0. The average Bonchev–Trinajstić information content (AvgIpc) is 2.32. The van der Waals surface area contributed by atoms with Crippen LogP contribution in [-0.4, -0.2) is 24.4 Å². The third-order valence-corrected chi connectivity index (χ3v) is 2.84. The highest BCUT2D eigenvalue weighted by atomic mass is 19.2. The Balaban J connectivity index is 2.78. The van der Waals surface area contributed by atoms with E-state index in [-0.39, 0.29) is 19.0 Å². The van der Waals surface area contributed by atoms with Gasteiger partial charge in [0.15, 0.2) is 11.6 Å². The minimum atomic E-state index is -0.911. The van der Waals surface area contributed by atoms with Gasteiger partial charge in [-0.2, -0.15) is 0 Å². The van der Waals surface area contributed by atoms with E-state index in [1.807, 2.05) is 0 Å². The lowest BCUT2D eigenvalue weighted by molar-refractivity contribution is -0.139. The number of benzene rings is 1. The molecule has 1 rings (SSSR count). The number of amides is 1. The van der Waals surface area contributed by atoms with Gasteiger partial charge in [-0.25, -0.2) is 8.78 Å². The van der Waals surface area contributed by atoms with Crippen molar-refractivity contribution in [3.05, 3.63) is 35.4 Å². The summed E-state index contributed by atoms with van der Waals surface area (Å²) in [5.41, 5.74) is 5.41. The van der Waals surface area contributed by atoms with Crippen molar-refractivity contribution in [2.75, 3.05) is 13.6 Å². The first-order valence-electron chi connectivity index (χ1n) is 5.67. The molecule has 0 atom stereocenters. The maximum Gasteiger partial charge on any atom is 0.229 e. The lowest BCUT2D eigenvalue weighted by Gasteiger charge is -2.28. The van der Waals surface area contributed by atoms with E-state index in [2.05, 4.69) is 0 Å². The van der Waals surface area contributed by atoms with Crippen molar-refractivity contribution in [1.29, 1.82) is 0 Å². The Labute approximate surface area is 106 Å². The van der Waals surface area contributed by atoms with Crippen molar-refractivity contribution < 1.29 is 13.6 Å². The van der Waals surface area contributed by atoms with Crippen LogP contribution in [0.4, 0.5) is 8.78 Å². The third-order valence-electron chi connectivity index (χ3n) is 2.84. The number of nitrogens with zero attached hydrogens (tertiary/aromatic N) is 1. The van der Waals surface area contributed by atoms with Crippen molar-refractivity contribution in [1.82, 2.24) is 4.90 Å². The molecule has 1 aromatic rings. The Morgan fingerprint density at radius 1 is 1.33 bits per heavy atom. The van der Waals surface area contributed by atoms with Crippen molar-refractivity contribution in [2.45, 2.75) is 20.4 Å². The summed E-state index contributed by atoms with van der Waals surface area (Å²) in [7, 11) is 1.61. The molecular weight excluding hydrogens is 238 g/mol. The minimum absolute atomic E-state index is 0.130. The summed E-state index contributed by atoms with van der Waals surface area (Å²) in [6, 6.07) is 3.60. The summed E-state index contributed by atoms with van der Waals surface area (Å²) in [6.07, 6.45) is 0. The van der Waals surface area contributed by atoms with Gasteiger partial charge in [0.2, 0.25) is 5.91 Å². The molecule has 0 saturated heterocycles. The van der Waals surface area contributed by atoms with Crippen LogP contribution in [0, 0.1) is 17.0 Å². The SMILES string of the molecule is CN(Cc1ccc(F)c(F)c1)C(=O)C(C)(C)CN. The van der Waals surface area contributed by atoms with Gasteiger partial charge in [0, 0.05) is 20.1 Å². The first kappa shape index (κ1) is 14.6. The highest BCUT2D eigenvalue weighted by Gasteiger charge is 2.28. The Bertz CT molecular complexity index is 447. The molecule has 1 aromatic carbocycles. The van der Waals surface area contributed by atoms with E-state index in [9.17, 15) is 13.6 Å². The third kappa shape index (κ3) is 3.26. The molecule has 0 saturated carbocycles. The molecule has 0 bridgehead atoms. The van der Waals surface area contributed by atoms with Gasteiger partial charge in [0.1, 0.15) is 0 Å². The molecule has 0 heterocycles. The van der Waals surface area contributed by atoms with Gasteiger partial charge in [-0.1, -0.05) is 6.07 Å². The van der Waals surface area contributed by atoms with Crippen LogP contribution in [0.5, 0.6) is 0 Å². The van der Waals surface area contributed by atoms with E-state index in [0.717, 1.165) is 12.1 Å². The maximum absolute atomic E-state index is 13.0. The fourth-order valence-electron chi connectivity index (χ4n) is 1.59. The zero-order chi connectivity index (χ0) is 13.9. The van der Waals surface area contributed by atoms with E-state index in [4.69, 9.17) is 5.73 Å². The molecular formula is C13H18F2N2O. The largest absolute Gasteiger partial charge is 0.341 e. The van der Waals surface area contributed by atoms with E-state index in [1.165, 1.54) is 11.0 Å². The average molecular weight is 256 g/mol. The molecule has 2 N–H and O–H groups in total. The van der Waals surface area contributed by atoms with Crippen LogP contribution in [-0.2, 0) is 11.3 Å². The van der Waals surface area contributed by atoms with E-state index >= 15 is 0 Å². The fourth-order valence-corrected chi connectivity index (χ4v) is 1.59. The highest BCUT2D eigenvalue weighted by molar-refractivity contribution is 5.81. The second-order valence-electron chi connectivity index (χ2n) is 5.00. The first-order valence-corrected chi connectivity index (χ1v) is 5.67.